The standard InChI is InChI=1S/C21H17N5/c1-26-19(11-18(25-26)14-5-3-2-4-6-14)17-10-9-15-7-8-16-12-22-13-23-20(16)21(15)24-17/h2-6,9-13H,7-8H2,1H3. The van der Waals surface area contributed by atoms with E-state index in [0.29, 0.717) is 0 Å². The van der Waals surface area contributed by atoms with Crippen molar-refractivity contribution in [3.63, 3.8) is 0 Å². The smallest absolute Gasteiger partial charge is 0.116 e. The number of hydrogen-bond acceptors (Lipinski definition) is 4. The van der Waals surface area contributed by atoms with Gasteiger partial charge in [-0.2, -0.15) is 5.10 Å². The molecule has 0 atom stereocenters. The van der Waals surface area contributed by atoms with Gasteiger partial charge in [-0.3, -0.25) is 4.68 Å². The third-order valence-electron chi connectivity index (χ3n) is 4.87. The summed E-state index contributed by atoms with van der Waals surface area (Å²) in [7, 11) is 1.96. The molecule has 1 aliphatic carbocycles. The largest absolute Gasteiger partial charge is 0.266 e. The van der Waals surface area contributed by atoms with Crippen LogP contribution in [0.3, 0.4) is 0 Å². The molecule has 0 aliphatic heterocycles. The maximum atomic E-state index is 4.94. The van der Waals surface area contributed by atoms with Crippen molar-refractivity contribution < 1.29 is 0 Å². The van der Waals surface area contributed by atoms with Crippen molar-refractivity contribution in [1.82, 2.24) is 24.7 Å². The molecular weight excluding hydrogens is 322 g/mol. The molecule has 5 nitrogen and oxygen atoms in total. The molecule has 0 saturated heterocycles. The molecule has 0 bridgehead atoms. The highest BCUT2D eigenvalue weighted by atomic mass is 15.3. The third kappa shape index (κ3) is 2.40. The highest BCUT2D eigenvalue weighted by Gasteiger charge is 2.20. The zero-order chi connectivity index (χ0) is 17.5. The van der Waals surface area contributed by atoms with Crippen LogP contribution in [-0.4, -0.2) is 24.7 Å². The number of aromatic nitrogens is 5. The van der Waals surface area contributed by atoms with Gasteiger partial charge in [0, 0.05) is 18.8 Å². The highest BCUT2D eigenvalue weighted by molar-refractivity contribution is 5.71. The van der Waals surface area contributed by atoms with E-state index < -0.39 is 0 Å². The van der Waals surface area contributed by atoms with Crippen LogP contribution in [0, 0.1) is 0 Å². The lowest BCUT2D eigenvalue weighted by molar-refractivity contribution is 0.776. The number of rotatable bonds is 2. The summed E-state index contributed by atoms with van der Waals surface area (Å²) in [5.41, 5.74) is 8.28. The van der Waals surface area contributed by atoms with Crippen LogP contribution in [0.1, 0.15) is 11.1 Å². The van der Waals surface area contributed by atoms with Gasteiger partial charge in [0.25, 0.3) is 0 Å². The highest BCUT2D eigenvalue weighted by Crippen LogP contribution is 2.32. The summed E-state index contributed by atoms with van der Waals surface area (Å²) in [4.78, 5) is 13.6. The normalized spacial score (nSPS) is 12.5. The van der Waals surface area contributed by atoms with Crippen LogP contribution >= 0.6 is 0 Å². The monoisotopic (exact) mass is 339 g/mol. The Balaban J connectivity index is 1.62. The fourth-order valence-corrected chi connectivity index (χ4v) is 3.52. The molecule has 5 heteroatoms. The van der Waals surface area contributed by atoms with E-state index in [-0.39, 0.29) is 0 Å². The van der Waals surface area contributed by atoms with Crippen LogP contribution in [0.2, 0.25) is 0 Å². The number of nitrogens with zero attached hydrogens (tertiary/aromatic N) is 5. The van der Waals surface area contributed by atoms with E-state index in [2.05, 4.69) is 45.4 Å². The third-order valence-corrected chi connectivity index (χ3v) is 4.87. The van der Waals surface area contributed by atoms with Gasteiger partial charge in [0.15, 0.2) is 0 Å². The van der Waals surface area contributed by atoms with Crippen molar-refractivity contribution >= 4 is 0 Å². The first-order valence-corrected chi connectivity index (χ1v) is 8.68. The summed E-state index contributed by atoms with van der Waals surface area (Å²) in [6.45, 7) is 0. The van der Waals surface area contributed by atoms with Gasteiger partial charge in [-0.15, -0.1) is 0 Å². The Kier molecular flexibility index (Phi) is 3.38. The van der Waals surface area contributed by atoms with E-state index in [1.165, 1.54) is 11.1 Å². The van der Waals surface area contributed by atoms with Crippen LogP contribution in [0.5, 0.6) is 0 Å². The summed E-state index contributed by atoms with van der Waals surface area (Å²) in [6.07, 6.45) is 5.44. The van der Waals surface area contributed by atoms with E-state index in [9.17, 15) is 0 Å². The van der Waals surface area contributed by atoms with Gasteiger partial charge in [0.1, 0.15) is 6.33 Å². The molecule has 0 fully saturated rings. The van der Waals surface area contributed by atoms with Crippen molar-refractivity contribution in [2.45, 2.75) is 12.8 Å². The first kappa shape index (κ1) is 15.0. The molecule has 0 amide bonds. The van der Waals surface area contributed by atoms with E-state index in [1.807, 2.05) is 36.1 Å². The van der Waals surface area contributed by atoms with Gasteiger partial charge in [0.2, 0.25) is 0 Å². The summed E-state index contributed by atoms with van der Waals surface area (Å²) >= 11 is 0. The van der Waals surface area contributed by atoms with Gasteiger partial charge in [-0.25, -0.2) is 15.0 Å². The zero-order valence-electron chi connectivity index (χ0n) is 14.4. The molecule has 126 valence electrons. The summed E-state index contributed by atoms with van der Waals surface area (Å²) < 4.78 is 1.89. The second-order valence-electron chi connectivity index (χ2n) is 6.51. The molecule has 5 rings (SSSR count). The van der Waals surface area contributed by atoms with Crippen LogP contribution in [0.15, 0.2) is 61.1 Å². The summed E-state index contributed by atoms with van der Waals surface area (Å²) in [5, 5.41) is 4.66. The predicted octanol–water partition coefficient (Wildman–Crippen LogP) is 3.70. The summed E-state index contributed by atoms with van der Waals surface area (Å²) in [5.74, 6) is 0. The van der Waals surface area contributed by atoms with Crippen molar-refractivity contribution in [2.24, 2.45) is 7.05 Å². The predicted molar refractivity (Wildman–Crippen MR) is 100 cm³/mol. The Morgan fingerprint density at radius 1 is 0.885 bits per heavy atom. The molecule has 26 heavy (non-hydrogen) atoms. The minimum Gasteiger partial charge on any atom is -0.266 e. The first-order valence-electron chi connectivity index (χ1n) is 8.68. The summed E-state index contributed by atoms with van der Waals surface area (Å²) in [6, 6.07) is 16.5. The van der Waals surface area contributed by atoms with E-state index in [4.69, 9.17) is 4.98 Å². The van der Waals surface area contributed by atoms with Crippen LogP contribution in [0.4, 0.5) is 0 Å². The maximum absolute atomic E-state index is 4.94. The van der Waals surface area contributed by atoms with Crippen molar-refractivity contribution in [3.8, 4) is 34.0 Å². The second kappa shape index (κ2) is 5.88. The average Bonchev–Trinajstić information content (AvgIpc) is 3.10. The number of benzene rings is 1. The topological polar surface area (TPSA) is 56.5 Å². The lowest BCUT2D eigenvalue weighted by atomic mass is 9.93. The molecule has 0 unspecified atom stereocenters. The SMILES string of the molecule is Cn1nc(-c2ccccc2)cc1-c1ccc2c(n1)-c1ncncc1CC2. The first-order chi connectivity index (χ1) is 12.8. The molecule has 0 radical (unpaired) electrons. The van der Waals surface area contributed by atoms with Crippen LogP contribution in [0.25, 0.3) is 34.0 Å². The molecule has 0 N–H and O–H groups in total. The minimum absolute atomic E-state index is 0.910. The lowest BCUT2D eigenvalue weighted by Crippen LogP contribution is -2.08. The molecular formula is C21H17N5. The molecule has 3 heterocycles. The number of fused-ring (bicyclic) bond motifs is 3. The van der Waals surface area contributed by atoms with Crippen molar-refractivity contribution in [3.05, 3.63) is 72.2 Å². The lowest BCUT2D eigenvalue weighted by Gasteiger charge is -2.17. The average molecular weight is 339 g/mol. The second-order valence-corrected chi connectivity index (χ2v) is 6.51. The van der Waals surface area contributed by atoms with Gasteiger partial charge in [-0.1, -0.05) is 36.4 Å². The van der Waals surface area contributed by atoms with E-state index in [1.54, 1.807) is 6.33 Å². The molecule has 0 spiro atoms. The van der Waals surface area contributed by atoms with E-state index in [0.717, 1.165) is 46.9 Å². The Morgan fingerprint density at radius 3 is 2.62 bits per heavy atom. The van der Waals surface area contributed by atoms with Crippen molar-refractivity contribution in [2.75, 3.05) is 0 Å². The Hall–Kier alpha value is -3.34. The van der Waals surface area contributed by atoms with Gasteiger partial charge < -0.3 is 0 Å². The number of pyridine rings is 1. The number of aryl methyl sites for hydroxylation is 3. The molecule has 4 aromatic rings. The zero-order valence-corrected chi connectivity index (χ0v) is 14.4. The quantitative estimate of drug-likeness (QED) is 0.559. The van der Waals surface area contributed by atoms with Gasteiger partial charge in [0.05, 0.1) is 28.5 Å². The van der Waals surface area contributed by atoms with Crippen LogP contribution in [-0.2, 0) is 19.9 Å². The Labute approximate surface area is 151 Å². The molecule has 1 aliphatic rings. The molecule has 1 aromatic carbocycles. The van der Waals surface area contributed by atoms with Crippen LogP contribution < -0.4 is 0 Å². The number of hydrogen-bond donors (Lipinski definition) is 0. The Morgan fingerprint density at radius 2 is 1.73 bits per heavy atom. The van der Waals surface area contributed by atoms with Crippen molar-refractivity contribution in [1.29, 1.82) is 0 Å². The fraction of sp³-hybridized carbons (Fsp3) is 0.143. The molecule has 3 aromatic heterocycles. The fourth-order valence-electron chi connectivity index (χ4n) is 3.52. The maximum Gasteiger partial charge on any atom is 0.116 e. The Bertz CT molecular complexity index is 1100. The minimum atomic E-state index is 0.910. The van der Waals surface area contributed by atoms with Gasteiger partial charge in [-0.05, 0) is 36.1 Å². The van der Waals surface area contributed by atoms with Gasteiger partial charge >= 0.3 is 0 Å². The molecule has 0 saturated carbocycles. The van der Waals surface area contributed by atoms with E-state index >= 15 is 0 Å².